The highest BCUT2D eigenvalue weighted by Crippen LogP contribution is 2.31. The quantitative estimate of drug-likeness (QED) is 0.275. The molecule has 0 aliphatic heterocycles. The first-order valence-electron chi connectivity index (χ1n) is 5.31. The summed E-state index contributed by atoms with van der Waals surface area (Å²) in [6.45, 7) is 0. The lowest BCUT2D eigenvalue weighted by molar-refractivity contribution is 0.190. The first-order valence-corrected chi connectivity index (χ1v) is 6.81. The Bertz CT molecular complexity index is 254. The van der Waals surface area contributed by atoms with Crippen molar-refractivity contribution in [1.82, 2.24) is 8.54 Å². The van der Waals surface area contributed by atoms with Crippen LogP contribution in [-0.4, -0.2) is 20.7 Å². The number of hydrogen-bond acceptors (Lipinski definition) is 3. The van der Waals surface area contributed by atoms with Crippen molar-refractivity contribution in [1.29, 1.82) is 0 Å². The maximum atomic E-state index is 11.6. The summed E-state index contributed by atoms with van der Waals surface area (Å²) >= 11 is 7.34. The van der Waals surface area contributed by atoms with E-state index in [-0.39, 0.29) is 5.54 Å². The number of nitrogens with one attached hydrogen (secondary N) is 1. The number of rotatable bonds is 4. The van der Waals surface area contributed by atoms with E-state index in [0.717, 1.165) is 35.3 Å². The molecular weight excluding hydrogens is 344 g/mol. The van der Waals surface area contributed by atoms with Gasteiger partial charge in [-0.25, -0.2) is 4.79 Å². The number of carbonyl (C=O) groups excluding carboxylic acids is 1. The van der Waals surface area contributed by atoms with Crippen molar-refractivity contribution in [2.24, 2.45) is 5.29 Å². The van der Waals surface area contributed by atoms with Crippen molar-refractivity contribution in [3.63, 3.8) is 0 Å². The van der Waals surface area contributed by atoms with Gasteiger partial charge in [-0.15, -0.1) is 19.7 Å². The molecule has 16 heavy (non-hydrogen) atoms. The first-order chi connectivity index (χ1) is 7.63. The van der Waals surface area contributed by atoms with Gasteiger partial charge < -0.3 is 5.32 Å². The molecule has 1 aliphatic carbocycles. The molecule has 1 N–H and O–H groups in total. The molecule has 1 fully saturated rings. The lowest BCUT2D eigenvalue weighted by Crippen LogP contribution is -2.52. The number of amides is 2. The predicted octanol–water partition coefficient (Wildman–Crippen LogP) is 3.36. The van der Waals surface area contributed by atoms with Gasteiger partial charge in [-0.05, 0) is 19.3 Å². The minimum absolute atomic E-state index is 0.245. The summed E-state index contributed by atoms with van der Waals surface area (Å²) < 4.78 is 0.752. The Labute approximate surface area is 114 Å². The molecule has 0 unspecified atom stereocenters. The second-order valence-electron chi connectivity index (χ2n) is 4.05. The molecule has 0 aromatic heterocycles. The number of carbonyl (C=O) groups is 1. The van der Waals surface area contributed by atoms with Crippen LogP contribution in [0.2, 0.25) is 0 Å². The van der Waals surface area contributed by atoms with E-state index in [4.69, 9.17) is 11.6 Å². The summed E-state index contributed by atoms with van der Waals surface area (Å²) in [5, 5.41) is 5.46. The number of alkyl halides is 1. The molecule has 92 valence electrons. The van der Waals surface area contributed by atoms with Crippen LogP contribution in [0.25, 0.3) is 0 Å². The molecule has 1 rings (SSSR count). The molecule has 0 aromatic carbocycles. The molecule has 0 atom stereocenters. The van der Waals surface area contributed by atoms with Crippen LogP contribution in [0.1, 0.15) is 38.5 Å². The molecule has 1 saturated carbocycles. The highest BCUT2D eigenvalue weighted by Gasteiger charge is 2.34. The zero-order chi connectivity index (χ0) is 12.0. The van der Waals surface area contributed by atoms with Gasteiger partial charge in [0.2, 0.25) is 0 Å². The molecular formula is C9H15ClIN3O2. The second kappa shape index (κ2) is 6.58. The van der Waals surface area contributed by atoms with E-state index in [1.165, 1.54) is 6.42 Å². The minimum atomic E-state index is -0.456. The van der Waals surface area contributed by atoms with Gasteiger partial charge in [0.1, 0.15) is 0 Å². The normalized spacial score (nSPS) is 18.9. The zero-order valence-corrected chi connectivity index (χ0v) is 11.8. The lowest BCUT2D eigenvalue weighted by Gasteiger charge is -2.37. The Morgan fingerprint density at radius 3 is 2.56 bits per heavy atom. The predicted molar refractivity (Wildman–Crippen MR) is 71.3 cm³/mol. The number of nitroso groups, excluding NO2 is 1. The molecule has 7 heteroatoms. The van der Waals surface area contributed by atoms with Crippen LogP contribution in [-0.2, 0) is 0 Å². The number of hydrogen-bond donors (Lipinski definition) is 1. The number of urea groups is 1. The molecule has 2 amide bonds. The standard InChI is InChI=1S/C9H15ClIN3O2/c10-7-6-9(4-2-1-3-5-9)12-8(15)14(11)13-16/h1-7H2,(H,12,15). The average Bonchev–Trinajstić information content (AvgIpc) is 2.29. The SMILES string of the molecule is O=NN(I)C(=O)NC1(CCCl)CCCCC1. The van der Waals surface area contributed by atoms with Gasteiger partial charge >= 0.3 is 6.03 Å². The van der Waals surface area contributed by atoms with Gasteiger partial charge in [-0.1, -0.05) is 19.3 Å². The van der Waals surface area contributed by atoms with Crippen LogP contribution in [0, 0.1) is 4.91 Å². The van der Waals surface area contributed by atoms with E-state index in [2.05, 4.69) is 10.6 Å². The molecule has 0 heterocycles. The van der Waals surface area contributed by atoms with Gasteiger partial charge in [0.25, 0.3) is 0 Å². The van der Waals surface area contributed by atoms with E-state index < -0.39 is 6.03 Å². The Kier molecular flexibility index (Phi) is 5.74. The fourth-order valence-electron chi connectivity index (χ4n) is 2.16. The highest BCUT2D eigenvalue weighted by atomic mass is 127. The Morgan fingerprint density at radius 1 is 1.44 bits per heavy atom. The van der Waals surface area contributed by atoms with Gasteiger partial charge in [0.15, 0.2) is 0 Å². The molecule has 0 saturated heterocycles. The van der Waals surface area contributed by atoms with E-state index >= 15 is 0 Å². The van der Waals surface area contributed by atoms with Crippen LogP contribution in [0.5, 0.6) is 0 Å². The van der Waals surface area contributed by atoms with E-state index in [1.54, 1.807) is 22.9 Å². The summed E-state index contributed by atoms with van der Waals surface area (Å²) in [6.07, 6.45) is 5.97. The van der Waals surface area contributed by atoms with E-state index in [9.17, 15) is 9.70 Å². The third-order valence-corrected chi connectivity index (χ3v) is 3.80. The Hall–Kier alpha value is -0.110. The van der Waals surface area contributed by atoms with E-state index in [0.29, 0.717) is 5.88 Å². The molecule has 5 nitrogen and oxygen atoms in total. The van der Waals surface area contributed by atoms with Crippen molar-refractivity contribution in [3.05, 3.63) is 4.91 Å². The van der Waals surface area contributed by atoms with Crippen molar-refractivity contribution < 1.29 is 4.79 Å². The maximum absolute atomic E-state index is 11.6. The summed E-state index contributed by atoms with van der Waals surface area (Å²) in [4.78, 5) is 21.8. The van der Waals surface area contributed by atoms with E-state index in [1.807, 2.05) is 0 Å². The lowest BCUT2D eigenvalue weighted by atomic mass is 9.80. The molecule has 1 aliphatic rings. The van der Waals surface area contributed by atoms with Crippen LogP contribution < -0.4 is 5.32 Å². The van der Waals surface area contributed by atoms with Crippen LogP contribution in [0.4, 0.5) is 4.79 Å². The van der Waals surface area contributed by atoms with Crippen molar-refractivity contribution in [2.75, 3.05) is 5.88 Å². The molecule has 0 spiro atoms. The third kappa shape index (κ3) is 3.73. The topological polar surface area (TPSA) is 61.8 Å². The van der Waals surface area contributed by atoms with Gasteiger partial charge in [-0.2, -0.15) is 0 Å². The fourth-order valence-corrected chi connectivity index (χ4v) is 2.64. The van der Waals surface area contributed by atoms with Crippen LogP contribution >= 0.6 is 34.5 Å². The van der Waals surface area contributed by atoms with Crippen LogP contribution in [0.15, 0.2) is 5.29 Å². The fraction of sp³-hybridized carbons (Fsp3) is 0.889. The first kappa shape index (κ1) is 14.0. The summed E-state index contributed by atoms with van der Waals surface area (Å²) in [6, 6.07) is -0.456. The van der Waals surface area contributed by atoms with Gasteiger partial charge in [0.05, 0.1) is 28.2 Å². The number of halogens is 2. The highest BCUT2D eigenvalue weighted by molar-refractivity contribution is 14.1. The molecule has 0 radical (unpaired) electrons. The van der Waals surface area contributed by atoms with Crippen molar-refractivity contribution >= 4 is 40.5 Å². The third-order valence-electron chi connectivity index (χ3n) is 3.00. The smallest absolute Gasteiger partial charge is 0.330 e. The second-order valence-corrected chi connectivity index (χ2v) is 5.34. The van der Waals surface area contributed by atoms with Crippen molar-refractivity contribution in [2.45, 2.75) is 44.1 Å². The number of nitrogens with zero attached hydrogens (tertiary/aromatic N) is 2. The van der Waals surface area contributed by atoms with Gasteiger partial charge in [-0.3, -0.25) is 0 Å². The Morgan fingerprint density at radius 2 is 2.06 bits per heavy atom. The maximum Gasteiger partial charge on any atom is 0.350 e. The van der Waals surface area contributed by atoms with Gasteiger partial charge in [0, 0.05) is 11.4 Å². The van der Waals surface area contributed by atoms with Crippen molar-refractivity contribution in [3.8, 4) is 0 Å². The molecule has 0 aromatic rings. The summed E-state index contributed by atoms with van der Waals surface area (Å²) in [5.74, 6) is 0.510. The largest absolute Gasteiger partial charge is 0.350 e. The van der Waals surface area contributed by atoms with Crippen LogP contribution in [0.3, 0.4) is 0 Å². The zero-order valence-electron chi connectivity index (χ0n) is 8.92. The average molecular weight is 360 g/mol. The minimum Gasteiger partial charge on any atom is -0.330 e. The summed E-state index contributed by atoms with van der Waals surface area (Å²) in [7, 11) is 0. The molecule has 0 bridgehead atoms. The summed E-state index contributed by atoms with van der Waals surface area (Å²) in [5.41, 5.74) is -0.245. The Balaban J connectivity index is 2.62. The monoisotopic (exact) mass is 359 g/mol.